The molecule has 266 valence electrons. The zero-order chi connectivity index (χ0) is 37.5. The first kappa shape index (κ1) is 31.4. The third-order valence-corrected chi connectivity index (χ3v) is 11.0. The number of aromatic nitrogens is 8. The first-order valence-corrected chi connectivity index (χ1v) is 18.9. The summed E-state index contributed by atoms with van der Waals surface area (Å²) in [7, 11) is 0. The van der Waals surface area contributed by atoms with E-state index in [0.717, 1.165) is 88.2 Å². The van der Waals surface area contributed by atoms with Gasteiger partial charge in [-0.2, -0.15) is 9.97 Å². The lowest BCUT2D eigenvalue weighted by atomic mass is 10.1. The molecule has 0 bridgehead atoms. The Morgan fingerprint density at radius 2 is 0.912 bits per heavy atom. The quantitative estimate of drug-likeness (QED) is 0.176. The Morgan fingerprint density at radius 3 is 1.61 bits per heavy atom. The van der Waals surface area contributed by atoms with Crippen molar-refractivity contribution in [3.63, 3.8) is 0 Å². The molecule has 6 heterocycles. The van der Waals surface area contributed by atoms with E-state index in [2.05, 4.69) is 117 Å². The van der Waals surface area contributed by atoms with Crippen LogP contribution in [0.1, 0.15) is 0 Å². The smallest absolute Gasteiger partial charge is 0.238 e. The first-order chi connectivity index (χ1) is 28.3. The van der Waals surface area contributed by atoms with Crippen molar-refractivity contribution in [2.24, 2.45) is 0 Å². The predicted molar refractivity (Wildman–Crippen MR) is 229 cm³/mol. The van der Waals surface area contributed by atoms with E-state index < -0.39 is 0 Å². The Labute approximate surface area is 325 Å². The molecule has 6 aromatic carbocycles. The van der Waals surface area contributed by atoms with Gasteiger partial charge in [-0.25, -0.2) is 4.98 Å². The number of pyridine rings is 2. The summed E-state index contributed by atoms with van der Waals surface area (Å²) < 4.78 is 6.86. The van der Waals surface area contributed by atoms with Crippen molar-refractivity contribution in [1.29, 1.82) is 0 Å². The van der Waals surface area contributed by atoms with Crippen molar-refractivity contribution in [1.82, 2.24) is 38.6 Å². The zero-order valence-electron chi connectivity index (χ0n) is 30.4. The molecule has 0 aliphatic carbocycles. The topological polar surface area (TPSA) is 79.2 Å². The molecule has 0 aliphatic heterocycles. The molecule has 0 radical (unpaired) electrons. The highest BCUT2D eigenvalue weighted by Gasteiger charge is 2.24. The van der Waals surface area contributed by atoms with Crippen LogP contribution < -0.4 is 0 Å². The van der Waals surface area contributed by atoms with Crippen LogP contribution in [0.25, 0.3) is 106 Å². The molecule has 0 unspecified atom stereocenters. The number of hydrogen-bond donors (Lipinski definition) is 0. The van der Waals surface area contributed by atoms with Crippen LogP contribution in [0.5, 0.6) is 0 Å². The number of benzene rings is 6. The van der Waals surface area contributed by atoms with Crippen molar-refractivity contribution in [3.8, 4) is 40.1 Å². The van der Waals surface area contributed by atoms with Crippen LogP contribution in [0.3, 0.4) is 0 Å². The molecule has 0 saturated carbocycles. The minimum Gasteiger partial charge on any atom is -0.307 e. The van der Waals surface area contributed by atoms with E-state index in [1.165, 1.54) is 0 Å². The highest BCUT2D eigenvalue weighted by Crippen LogP contribution is 2.41. The van der Waals surface area contributed by atoms with E-state index in [4.69, 9.17) is 24.9 Å². The van der Waals surface area contributed by atoms with Crippen molar-refractivity contribution in [3.05, 3.63) is 182 Å². The second kappa shape index (κ2) is 12.3. The molecule has 0 fully saturated rings. The van der Waals surface area contributed by atoms with Gasteiger partial charge in [0.25, 0.3) is 0 Å². The summed E-state index contributed by atoms with van der Waals surface area (Å²) in [6.45, 7) is 0. The fourth-order valence-corrected chi connectivity index (χ4v) is 8.52. The minimum atomic E-state index is 0.556. The van der Waals surface area contributed by atoms with Gasteiger partial charge in [0, 0.05) is 56.4 Å². The number of rotatable bonds is 5. The van der Waals surface area contributed by atoms with Gasteiger partial charge < -0.3 is 9.13 Å². The Morgan fingerprint density at radius 1 is 0.351 bits per heavy atom. The maximum Gasteiger partial charge on any atom is 0.238 e. The molecule has 57 heavy (non-hydrogen) atoms. The molecule has 0 atom stereocenters. The highest BCUT2D eigenvalue weighted by atomic mass is 15.2. The van der Waals surface area contributed by atoms with Gasteiger partial charge in [-0.05, 0) is 54.6 Å². The highest BCUT2D eigenvalue weighted by molar-refractivity contribution is 6.21. The summed E-state index contributed by atoms with van der Waals surface area (Å²) in [5.74, 6) is 1.79. The van der Waals surface area contributed by atoms with Gasteiger partial charge in [0.05, 0.1) is 33.1 Å². The van der Waals surface area contributed by atoms with E-state index in [0.29, 0.717) is 17.6 Å². The molecule has 12 rings (SSSR count). The standard InChI is InChI=1S/C49H30N8/c1-4-15-31(16-5-1)47-52-48(32-17-6-2-7-18-32)54-49(53-47)57-40-24-13-10-21-35(40)37-29-34(26-27-41(37)57)56-42-25-14-28-50-43(42)44-46(56)45-38(30-51-44)36-22-11-12-23-39(36)55(45)33-19-8-3-9-20-33/h1-30H. The Hall–Kier alpha value is -7.97. The monoisotopic (exact) mass is 730 g/mol. The van der Waals surface area contributed by atoms with Crippen molar-refractivity contribution in [2.75, 3.05) is 0 Å². The summed E-state index contributed by atoms with van der Waals surface area (Å²) in [5.41, 5.74) is 11.8. The minimum absolute atomic E-state index is 0.556. The van der Waals surface area contributed by atoms with Crippen LogP contribution in [-0.2, 0) is 0 Å². The Balaban J connectivity index is 1.16. The largest absolute Gasteiger partial charge is 0.307 e. The summed E-state index contributed by atoms with van der Waals surface area (Å²) >= 11 is 0. The summed E-state index contributed by atoms with van der Waals surface area (Å²) in [6, 6.07) is 58.6. The molecule has 0 aliphatic rings. The van der Waals surface area contributed by atoms with E-state index >= 15 is 0 Å². The molecule has 0 saturated heterocycles. The molecular weight excluding hydrogens is 701 g/mol. The second-order valence-corrected chi connectivity index (χ2v) is 14.2. The number of hydrogen-bond acceptors (Lipinski definition) is 5. The molecule has 12 aromatic rings. The average molecular weight is 731 g/mol. The fraction of sp³-hybridized carbons (Fsp3) is 0. The molecule has 0 N–H and O–H groups in total. The normalized spacial score (nSPS) is 11.9. The number of nitrogens with zero attached hydrogens (tertiary/aromatic N) is 8. The van der Waals surface area contributed by atoms with Crippen LogP contribution in [0.4, 0.5) is 0 Å². The van der Waals surface area contributed by atoms with Gasteiger partial charge in [-0.3, -0.25) is 14.5 Å². The van der Waals surface area contributed by atoms with Gasteiger partial charge in [-0.15, -0.1) is 0 Å². The maximum atomic E-state index is 5.14. The van der Waals surface area contributed by atoms with Crippen LogP contribution in [0.15, 0.2) is 182 Å². The molecular formula is C49H30N8. The predicted octanol–water partition coefficient (Wildman–Crippen LogP) is 11.3. The molecule has 8 heteroatoms. The van der Waals surface area contributed by atoms with Gasteiger partial charge in [-0.1, -0.05) is 115 Å². The van der Waals surface area contributed by atoms with Crippen molar-refractivity contribution in [2.45, 2.75) is 0 Å². The van der Waals surface area contributed by atoms with Gasteiger partial charge in [0.2, 0.25) is 5.95 Å². The average Bonchev–Trinajstić information content (AvgIpc) is 3.93. The third kappa shape index (κ3) is 4.71. The first-order valence-electron chi connectivity index (χ1n) is 18.9. The maximum absolute atomic E-state index is 5.14. The van der Waals surface area contributed by atoms with E-state index in [-0.39, 0.29) is 0 Å². The zero-order valence-corrected chi connectivity index (χ0v) is 30.4. The Bertz CT molecular complexity index is 3450. The second-order valence-electron chi connectivity index (χ2n) is 14.2. The molecule has 8 nitrogen and oxygen atoms in total. The van der Waals surface area contributed by atoms with E-state index in [1.54, 1.807) is 0 Å². The Kier molecular flexibility index (Phi) is 6.76. The third-order valence-electron chi connectivity index (χ3n) is 11.0. The lowest BCUT2D eigenvalue weighted by Crippen LogP contribution is -2.06. The molecule has 0 amide bonds. The van der Waals surface area contributed by atoms with Gasteiger partial charge in [0.1, 0.15) is 11.0 Å². The van der Waals surface area contributed by atoms with Gasteiger partial charge >= 0.3 is 0 Å². The SMILES string of the molecule is c1ccc(-c2nc(-c3ccccc3)nc(-n3c4ccccc4c4cc(-n5c6cccnc6c6ncc7c8ccccc8n(-c8ccccc8)c7c65)ccc43)n2)cc1. The lowest BCUT2D eigenvalue weighted by Gasteiger charge is -2.13. The van der Waals surface area contributed by atoms with Crippen molar-refractivity contribution < 1.29 is 0 Å². The van der Waals surface area contributed by atoms with Gasteiger partial charge in [0.15, 0.2) is 11.6 Å². The lowest BCUT2D eigenvalue weighted by molar-refractivity contribution is 0.953. The van der Waals surface area contributed by atoms with E-state index in [9.17, 15) is 0 Å². The number of para-hydroxylation sites is 3. The summed E-state index contributed by atoms with van der Waals surface area (Å²) in [4.78, 5) is 25.3. The van der Waals surface area contributed by atoms with E-state index in [1.807, 2.05) is 79.1 Å². The summed E-state index contributed by atoms with van der Waals surface area (Å²) in [5, 5.41) is 4.41. The van der Waals surface area contributed by atoms with Crippen LogP contribution in [0.2, 0.25) is 0 Å². The molecule has 6 aromatic heterocycles. The molecule has 0 spiro atoms. The van der Waals surface area contributed by atoms with Crippen LogP contribution in [0, 0.1) is 0 Å². The summed E-state index contributed by atoms with van der Waals surface area (Å²) in [6.07, 6.45) is 3.86. The number of fused-ring (bicyclic) bond motifs is 10. The van der Waals surface area contributed by atoms with Crippen LogP contribution >= 0.6 is 0 Å². The van der Waals surface area contributed by atoms with Crippen LogP contribution in [-0.4, -0.2) is 38.6 Å². The fourth-order valence-electron chi connectivity index (χ4n) is 8.52. The van der Waals surface area contributed by atoms with Crippen molar-refractivity contribution >= 4 is 65.7 Å².